The first-order valence-corrected chi connectivity index (χ1v) is 11.4. The molecule has 0 saturated carbocycles. The van der Waals surface area contributed by atoms with E-state index in [4.69, 9.17) is 14.9 Å². The van der Waals surface area contributed by atoms with E-state index in [0.29, 0.717) is 33.4 Å². The quantitative estimate of drug-likeness (QED) is 0.481. The average Bonchev–Trinajstić information content (AvgIpc) is 3.09. The number of furan rings is 1. The number of carbonyl (C=O) groups excluding carboxylic acids is 1. The molecule has 3 heterocycles. The van der Waals surface area contributed by atoms with Crippen molar-refractivity contribution in [2.75, 3.05) is 32.2 Å². The third-order valence-corrected chi connectivity index (χ3v) is 5.98. The van der Waals surface area contributed by atoms with Gasteiger partial charge in [-0.3, -0.25) is 4.79 Å². The molecular weight excluding hydrogens is 400 g/mol. The molecule has 8 heteroatoms. The first-order chi connectivity index (χ1) is 14.6. The van der Waals surface area contributed by atoms with Crippen LogP contribution in [-0.4, -0.2) is 47.2 Å². The highest BCUT2D eigenvalue weighted by Gasteiger charge is 2.27. The number of thioether (sulfide) groups is 1. The molecule has 4 rings (SSSR count). The summed E-state index contributed by atoms with van der Waals surface area (Å²) in [6, 6.07) is 7.58. The number of nitrogens with zero attached hydrogens (tertiary/aromatic N) is 3. The van der Waals surface area contributed by atoms with Crippen molar-refractivity contribution in [3.63, 3.8) is 0 Å². The molecule has 1 fully saturated rings. The smallest absolute Gasteiger partial charge is 0.291 e. The van der Waals surface area contributed by atoms with Crippen LogP contribution in [0.1, 0.15) is 42.7 Å². The van der Waals surface area contributed by atoms with Gasteiger partial charge in [-0.25, -0.2) is 4.98 Å². The zero-order valence-corrected chi connectivity index (χ0v) is 18.1. The normalized spacial score (nSPS) is 15.1. The first-order valence-electron chi connectivity index (χ1n) is 10.2. The lowest BCUT2D eigenvalue weighted by molar-refractivity contribution is 0.0714. The maximum atomic E-state index is 13.2. The van der Waals surface area contributed by atoms with Crippen molar-refractivity contribution < 1.29 is 13.9 Å². The third kappa shape index (κ3) is 3.96. The van der Waals surface area contributed by atoms with E-state index in [1.165, 1.54) is 18.2 Å². The van der Waals surface area contributed by atoms with Gasteiger partial charge in [-0.2, -0.15) is 4.98 Å². The summed E-state index contributed by atoms with van der Waals surface area (Å²) >= 11 is 1.41. The number of amides is 1. The van der Waals surface area contributed by atoms with Crippen LogP contribution in [0.5, 0.6) is 5.75 Å². The molecule has 30 heavy (non-hydrogen) atoms. The van der Waals surface area contributed by atoms with Crippen molar-refractivity contribution in [3.05, 3.63) is 30.0 Å². The van der Waals surface area contributed by atoms with Gasteiger partial charge in [-0.05, 0) is 31.2 Å². The summed E-state index contributed by atoms with van der Waals surface area (Å²) in [6.45, 7) is 1.44. The maximum absolute atomic E-state index is 13.2. The number of ether oxygens (including phenoxy) is 1. The lowest BCUT2D eigenvalue weighted by Gasteiger charge is -2.23. The molecule has 0 bridgehead atoms. The van der Waals surface area contributed by atoms with Crippen LogP contribution in [0.25, 0.3) is 22.4 Å². The molecule has 158 valence electrons. The second kappa shape index (κ2) is 8.95. The van der Waals surface area contributed by atoms with Crippen LogP contribution in [0.4, 0.5) is 5.69 Å². The predicted molar refractivity (Wildman–Crippen MR) is 119 cm³/mol. The number of hydrogen-bond donors (Lipinski definition) is 1. The van der Waals surface area contributed by atoms with Crippen LogP contribution >= 0.6 is 11.8 Å². The summed E-state index contributed by atoms with van der Waals surface area (Å²) in [4.78, 5) is 24.2. The number of aromatic nitrogens is 2. The Kier molecular flexibility index (Phi) is 6.13. The van der Waals surface area contributed by atoms with Crippen LogP contribution < -0.4 is 10.5 Å². The number of fused-ring (bicyclic) bond motifs is 1. The first kappa shape index (κ1) is 20.5. The second-order valence-electron chi connectivity index (χ2n) is 7.38. The molecule has 0 radical (unpaired) electrons. The Bertz CT molecular complexity index is 1060. The van der Waals surface area contributed by atoms with E-state index >= 15 is 0 Å². The van der Waals surface area contributed by atoms with Crippen molar-refractivity contribution in [1.29, 1.82) is 0 Å². The van der Waals surface area contributed by atoms with Crippen LogP contribution in [0, 0.1) is 0 Å². The highest BCUT2D eigenvalue weighted by Crippen LogP contribution is 2.37. The average molecular weight is 427 g/mol. The molecule has 3 aromatic rings. The van der Waals surface area contributed by atoms with Crippen molar-refractivity contribution in [3.8, 4) is 17.0 Å². The van der Waals surface area contributed by atoms with Crippen molar-refractivity contribution in [1.82, 2.24) is 14.9 Å². The Hall–Kier alpha value is -2.74. The Morgan fingerprint density at radius 2 is 1.90 bits per heavy atom. The fourth-order valence-electron chi connectivity index (χ4n) is 3.83. The zero-order chi connectivity index (χ0) is 21.1. The largest absolute Gasteiger partial charge is 0.497 e. The summed E-state index contributed by atoms with van der Waals surface area (Å²) in [5.41, 5.74) is 8.55. The van der Waals surface area contributed by atoms with E-state index in [2.05, 4.69) is 9.97 Å². The molecule has 1 aliphatic heterocycles. The second-order valence-corrected chi connectivity index (χ2v) is 8.15. The van der Waals surface area contributed by atoms with Gasteiger partial charge in [0.25, 0.3) is 5.91 Å². The summed E-state index contributed by atoms with van der Waals surface area (Å²) < 4.78 is 11.3. The minimum atomic E-state index is -0.172. The molecule has 1 aliphatic rings. The molecule has 0 unspecified atom stereocenters. The standard InChI is InChI=1S/C22H26N4O3S/c1-28-15-10-8-9-14(13-15)18-16-17(23)19(29-20(16)25-22(24-18)30-2)21(27)26-11-6-4-3-5-7-12-26/h8-10,13H,3-7,11-12,23H2,1-2H3. The summed E-state index contributed by atoms with van der Waals surface area (Å²) in [5, 5.41) is 1.12. The number of nitrogens with two attached hydrogens (primary N) is 1. The molecule has 0 spiro atoms. The number of nitrogen functional groups attached to an aromatic ring is 1. The SMILES string of the molecule is COc1cccc(-c2nc(SC)nc3oc(C(=O)N4CCCCCCC4)c(N)c23)c1. The minimum Gasteiger partial charge on any atom is -0.497 e. The summed E-state index contributed by atoms with van der Waals surface area (Å²) in [6.07, 6.45) is 7.40. The lowest BCUT2D eigenvalue weighted by Crippen LogP contribution is -2.33. The highest BCUT2D eigenvalue weighted by molar-refractivity contribution is 7.98. The molecule has 1 amide bonds. The van der Waals surface area contributed by atoms with Gasteiger partial charge in [0, 0.05) is 18.7 Å². The molecule has 7 nitrogen and oxygen atoms in total. The van der Waals surface area contributed by atoms with Crippen molar-refractivity contribution >= 4 is 34.5 Å². The third-order valence-electron chi connectivity index (χ3n) is 5.43. The Balaban J connectivity index is 1.81. The Morgan fingerprint density at radius 1 is 1.17 bits per heavy atom. The molecule has 1 saturated heterocycles. The fraction of sp³-hybridized carbons (Fsp3) is 0.409. The van der Waals surface area contributed by atoms with Crippen LogP contribution in [0.15, 0.2) is 33.8 Å². The Morgan fingerprint density at radius 3 is 2.60 bits per heavy atom. The van der Waals surface area contributed by atoms with E-state index in [1.54, 1.807) is 7.11 Å². The molecular formula is C22H26N4O3S. The Labute approximate surface area is 180 Å². The van der Waals surface area contributed by atoms with Gasteiger partial charge < -0.3 is 19.8 Å². The van der Waals surface area contributed by atoms with E-state index in [-0.39, 0.29) is 11.7 Å². The topological polar surface area (TPSA) is 94.5 Å². The number of benzene rings is 1. The molecule has 0 aliphatic carbocycles. The fourth-order valence-corrected chi connectivity index (χ4v) is 4.18. The number of anilines is 1. The van der Waals surface area contributed by atoms with E-state index in [9.17, 15) is 4.79 Å². The predicted octanol–water partition coefficient (Wildman–Crippen LogP) is 4.61. The minimum absolute atomic E-state index is 0.155. The van der Waals surface area contributed by atoms with Crippen LogP contribution in [0.3, 0.4) is 0 Å². The van der Waals surface area contributed by atoms with Gasteiger partial charge in [-0.1, -0.05) is 43.2 Å². The van der Waals surface area contributed by atoms with Gasteiger partial charge in [-0.15, -0.1) is 0 Å². The number of rotatable bonds is 4. The number of carbonyl (C=O) groups is 1. The van der Waals surface area contributed by atoms with Gasteiger partial charge >= 0.3 is 0 Å². The van der Waals surface area contributed by atoms with Crippen molar-refractivity contribution in [2.24, 2.45) is 0 Å². The van der Waals surface area contributed by atoms with E-state index < -0.39 is 0 Å². The van der Waals surface area contributed by atoms with Gasteiger partial charge in [0.15, 0.2) is 5.16 Å². The van der Waals surface area contributed by atoms with Crippen LogP contribution in [-0.2, 0) is 0 Å². The van der Waals surface area contributed by atoms with Crippen LogP contribution in [0.2, 0.25) is 0 Å². The summed E-state index contributed by atoms with van der Waals surface area (Å²) in [7, 11) is 1.62. The molecule has 1 aromatic carbocycles. The van der Waals surface area contributed by atoms with Gasteiger partial charge in [0.05, 0.1) is 23.9 Å². The number of methoxy groups -OCH3 is 1. The van der Waals surface area contributed by atoms with Gasteiger partial charge in [0.1, 0.15) is 5.75 Å². The number of hydrogen-bond acceptors (Lipinski definition) is 7. The molecule has 2 N–H and O–H groups in total. The lowest BCUT2D eigenvalue weighted by atomic mass is 10.1. The zero-order valence-electron chi connectivity index (χ0n) is 17.3. The highest BCUT2D eigenvalue weighted by atomic mass is 32.2. The monoisotopic (exact) mass is 426 g/mol. The summed E-state index contributed by atoms with van der Waals surface area (Å²) in [5.74, 6) is 0.695. The van der Waals surface area contributed by atoms with Crippen molar-refractivity contribution in [2.45, 2.75) is 37.3 Å². The maximum Gasteiger partial charge on any atom is 0.291 e. The van der Waals surface area contributed by atoms with E-state index in [1.807, 2.05) is 35.4 Å². The van der Waals surface area contributed by atoms with Gasteiger partial charge in [0.2, 0.25) is 11.5 Å². The molecule has 0 atom stereocenters. The molecule has 2 aromatic heterocycles. The number of likely N-dealkylation sites (tertiary alicyclic amines) is 1. The van der Waals surface area contributed by atoms with E-state index in [0.717, 1.165) is 44.3 Å².